The lowest BCUT2D eigenvalue weighted by molar-refractivity contribution is 0.215. The van der Waals surface area contributed by atoms with Gasteiger partial charge in [0.25, 0.3) is 0 Å². The Kier molecular flexibility index (Phi) is 2.62. The van der Waals surface area contributed by atoms with Crippen LogP contribution in [0.5, 0.6) is 0 Å². The lowest BCUT2D eigenvalue weighted by Crippen LogP contribution is -2.28. The van der Waals surface area contributed by atoms with Gasteiger partial charge in [0.15, 0.2) is 0 Å². The zero-order valence-electron chi connectivity index (χ0n) is 9.16. The molecule has 0 bridgehead atoms. The lowest BCUT2D eigenvalue weighted by atomic mass is 10.1. The van der Waals surface area contributed by atoms with Gasteiger partial charge in [-0.05, 0) is 25.0 Å². The Labute approximate surface area is 90.1 Å². The molecule has 1 N–H and O–H groups in total. The standard InChI is InChI=1S/C12H16N2O/c1-9-5-3-4-6-11(9)8-14-7-10(2)13-12(14)15/h3-6,10H,7-8H2,1-2H3,(H,13,15). The molecule has 2 amide bonds. The van der Waals surface area contributed by atoms with Crippen LogP contribution in [-0.4, -0.2) is 23.5 Å². The van der Waals surface area contributed by atoms with E-state index in [0.29, 0.717) is 6.54 Å². The molecule has 1 aliphatic heterocycles. The number of rotatable bonds is 2. The van der Waals surface area contributed by atoms with Gasteiger partial charge in [-0.2, -0.15) is 0 Å². The highest BCUT2D eigenvalue weighted by Crippen LogP contribution is 2.13. The second-order valence-electron chi connectivity index (χ2n) is 4.16. The number of carbonyl (C=O) groups is 1. The molecule has 0 spiro atoms. The van der Waals surface area contributed by atoms with E-state index >= 15 is 0 Å². The molecule has 3 nitrogen and oxygen atoms in total. The van der Waals surface area contributed by atoms with Gasteiger partial charge in [0.1, 0.15) is 0 Å². The number of aryl methyl sites for hydroxylation is 1. The molecule has 1 aromatic rings. The predicted octanol–water partition coefficient (Wildman–Crippen LogP) is 1.91. The topological polar surface area (TPSA) is 32.3 Å². The number of urea groups is 1. The third-order valence-electron chi connectivity index (χ3n) is 2.77. The molecule has 2 rings (SSSR count). The molecule has 15 heavy (non-hydrogen) atoms. The minimum Gasteiger partial charge on any atom is -0.334 e. The van der Waals surface area contributed by atoms with Crippen LogP contribution in [-0.2, 0) is 6.54 Å². The Morgan fingerprint density at radius 2 is 2.20 bits per heavy atom. The van der Waals surface area contributed by atoms with Crippen molar-refractivity contribution < 1.29 is 4.79 Å². The Hall–Kier alpha value is -1.51. The number of amides is 2. The normalized spacial score (nSPS) is 20.5. The number of hydrogen-bond acceptors (Lipinski definition) is 1. The second-order valence-corrected chi connectivity index (χ2v) is 4.16. The van der Waals surface area contributed by atoms with Gasteiger partial charge in [-0.1, -0.05) is 24.3 Å². The van der Waals surface area contributed by atoms with Crippen LogP contribution in [0.25, 0.3) is 0 Å². The largest absolute Gasteiger partial charge is 0.334 e. The molecule has 0 aliphatic carbocycles. The first-order chi connectivity index (χ1) is 7.16. The van der Waals surface area contributed by atoms with Crippen molar-refractivity contribution in [3.05, 3.63) is 35.4 Å². The van der Waals surface area contributed by atoms with Gasteiger partial charge in [-0.25, -0.2) is 4.79 Å². The fourth-order valence-corrected chi connectivity index (χ4v) is 1.89. The third kappa shape index (κ3) is 2.12. The van der Waals surface area contributed by atoms with E-state index in [-0.39, 0.29) is 12.1 Å². The molecule has 1 aromatic carbocycles. The first-order valence-electron chi connectivity index (χ1n) is 5.27. The van der Waals surface area contributed by atoms with Gasteiger partial charge in [0.2, 0.25) is 0 Å². The zero-order chi connectivity index (χ0) is 10.8. The Balaban J connectivity index is 2.09. The number of benzene rings is 1. The number of nitrogens with zero attached hydrogens (tertiary/aromatic N) is 1. The first-order valence-corrected chi connectivity index (χ1v) is 5.27. The van der Waals surface area contributed by atoms with Crippen molar-refractivity contribution in [1.29, 1.82) is 0 Å². The van der Waals surface area contributed by atoms with E-state index in [1.54, 1.807) is 0 Å². The molecule has 1 atom stereocenters. The number of hydrogen-bond donors (Lipinski definition) is 1. The molecule has 0 saturated carbocycles. The Morgan fingerprint density at radius 3 is 2.80 bits per heavy atom. The van der Waals surface area contributed by atoms with E-state index in [1.807, 2.05) is 24.0 Å². The summed E-state index contributed by atoms with van der Waals surface area (Å²) >= 11 is 0. The molecule has 0 aromatic heterocycles. The quantitative estimate of drug-likeness (QED) is 0.784. The van der Waals surface area contributed by atoms with Crippen LogP contribution in [0.2, 0.25) is 0 Å². The molecule has 1 heterocycles. The monoisotopic (exact) mass is 204 g/mol. The predicted molar refractivity (Wildman–Crippen MR) is 59.6 cm³/mol. The smallest absolute Gasteiger partial charge is 0.318 e. The van der Waals surface area contributed by atoms with Gasteiger partial charge in [0, 0.05) is 19.1 Å². The molecular weight excluding hydrogens is 188 g/mol. The maximum Gasteiger partial charge on any atom is 0.318 e. The zero-order valence-corrected chi connectivity index (χ0v) is 9.16. The molecule has 1 fully saturated rings. The average Bonchev–Trinajstić information content (AvgIpc) is 2.49. The van der Waals surface area contributed by atoms with E-state index < -0.39 is 0 Å². The molecule has 1 unspecified atom stereocenters. The van der Waals surface area contributed by atoms with Crippen molar-refractivity contribution >= 4 is 6.03 Å². The van der Waals surface area contributed by atoms with Gasteiger partial charge >= 0.3 is 6.03 Å². The molecule has 0 radical (unpaired) electrons. The molecule has 80 valence electrons. The summed E-state index contributed by atoms with van der Waals surface area (Å²) in [7, 11) is 0. The van der Waals surface area contributed by atoms with E-state index in [0.717, 1.165) is 6.54 Å². The summed E-state index contributed by atoms with van der Waals surface area (Å²) in [5.74, 6) is 0. The molecular formula is C12H16N2O. The fraction of sp³-hybridized carbons (Fsp3) is 0.417. The number of nitrogens with one attached hydrogen (secondary N) is 1. The maximum atomic E-state index is 11.5. The third-order valence-corrected chi connectivity index (χ3v) is 2.77. The lowest BCUT2D eigenvalue weighted by Gasteiger charge is -2.15. The SMILES string of the molecule is Cc1ccccc1CN1CC(C)NC1=O. The first kappa shape index (κ1) is 10.0. The highest BCUT2D eigenvalue weighted by Gasteiger charge is 2.25. The van der Waals surface area contributed by atoms with Crippen molar-refractivity contribution in [2.45, 2.75) is 26.4 Å². The van der Waals surface area contributed by atoms with Crippen LogP contribution < -0.4 is 5.32 Å². The second kappa shape index (κ2) is 3.93. The van der Waals surface area contributed by atoms with E-state index in [1.165, 1.54) is 11.1 Å². The number of carbonyl (C=O) groups excluding carboxylic acids is 1. The van der Waals surface area contributed by atoms with Gasteiger partial charge in [-0.15, -0.1) is 0 Å². The minimum absolute atomic E-state index is 0.0470. The van der Waals surface area contributed by atoms with Crippen molar-refractivity contribution in [1.82, 2.24) is 10.2 Å². The van der Waals surface area contributed by atoms with Gasteiger partial charge in [-0.3, -0.25) is 0 Å². The van der Waals surface area contributed by atoms with E-state index in [9.17, 15) is 4.79 Å². The van der Waals surface area contributed by atoms with Crippen LogP contribution in [0.1, 0.15) is 18.1 Å². The van der Waals surface area contributed by atoms with Crippen molar-refractivity contribution in [3.63, 3.8) is 0 Å². The summed E-state index contributed by atoms with van der Waals surface area (Å²) in [5, 5.41) is 2.89. The van der Waals surface area contributed by atoms with Crippen LogP contribution in [0, 0.1) is 6.92 Å². The molecule has 1 aliphatic rings. The summed E-state index contributed by atoms with van der Waals surface area (Å²) in [5.41, 5.74) is 2.46. The summed E-state index contributed by atoms with van der Waals surface area (Å²) in [6, 6.07) is 8.50. The molecule has 1 saturated heterocycles. The average molecular weight is 204 g/mol. The molecule has 3 heteroatoms. The van der Waals surface area contributed by atoms with Crippen molar-refractivity contribution in [2.75, 3.05) is 6.54 Å². The fourth-order valence-electron chi connectivity index (χ4n) is 1.89. The highest BCUT2D eigenvalue weighted by molar-refractivity contribution is 5.76. The van der Waals surface area contributed by atoms with E-state index in [4.69, 9.17) is 0 Å². The summed E-state index contributed by atoms with van der Waals surface area (Å²) in [6.07, 6.45) is 0. The van der Waals surface area contributed by atoms with E-state index in [2.05, 4.69) is 24.4 Å². The summed E-state index contributed by atoms with van der Waals surface area (Å²) < 4.78 is 0. The minimum atomic E-state index is 0.0470. The maximum absolute atomic E-state index is 11.5. The summed E-state index contributed by atoms with van der Waals surface area (Å²) in [6.45, 7) is 5.61. The van der Waals surface area contributed by atoms with Crippen molar-refractivity contribution in [2.24, 2.45) is 0 Å². The van der Waals surface area contributed by atoms with Crippen LogP contribution in [0.4, 0.5) is 4.79 Å². The van der Waals surface area contributed by atoms with Crippen LogP contribution in [0.15, 0.2) is 24.3 Å². The Morgan fingerprint density at radius 1 is 1.47 bits per heavy atom. The van der Waals surface area contributed by atoms with Gasteiger partial charge in [0.05, 0.1) is 0 Å². The summed E-state index contributed by atoms with van der Waals surface area (Å²) in [4.78, 5) is 13.4. The van der Waals surface area contributed by atoms with Crippen molar-refractivity contribution in [3.8, 4) is 0 Å². The van der Waals surface area contributed by atoms with Crippen LogP contribution in [0.3, 0.4) is 0 Å². The highest BCUT2D eigenvalue weighted by atomic mass is 16.2. The van der Waals surface area contributed by atoms with Gasteiger partial charge < -0.3 is 10.2 Å². The Bertz CT molecular complexity index is 376. The van der Waals surface area contributed by atoms with Crippen LogP contribution >= 0.6 is 0 Å².